The number of nitrogens with two attached hydrogens (primary N) is 2. The summed E-state index contributed by atoms with van der Waals surface area (Å²) in [5.74, 6) is 0.451. The van der Waals surface area contributed by atoms with Crippen LogP contribution in [0.15, 0.2) is 67.8 Å². The Morgan fingerprint density at radius 1 is 1.21 bits per heavy atom. The minimum atomic E-state index is -0.219. The summed E-state index contributed by atoms with van der Waals surface area (Å²) in [4.78, 5) is 21.4. The summed E-state index contributed by atoms with van der Waals surface area (Å²) in [5, 5.41) is 10.6. The summed E-state index contributed by atoms with van der Waals surface area (Å²) in [7, 11) is 1.68. The molecule has 0 radical (unpaired) electrons. The Balaban J connectivity index is 1.84. The fourth-order valence-corrected chi connectivity index (χ4v) is 4.41. The zero-order chi connectivity index (χ0) is 24.4. The average Bonchev–Trinajstić information content (AvgIpc) is 2.81. The molecule has 1 atom stereocenters. The van der Waals surface area contributed by atoms with Crippen molar-refractivity contribution in [2.75, 3.05) is 18.1 Å². The molecule has 0 fully saturated rings. The zero-order valence-corrected chi connectivity index (χ0v) is 20.5. The number of pyridine rings is 1. The lowest BCUT2D eigenvalue weighted by atomic mass is 10.00. The van der Waals surface area contributed by atoms with Gasteiger partial charge in [-0.25, -0.2) is 4.98 Å². The minimum absolute atomic E-state index is 0.123. The lowest BCUT2D eigenvalue weighted by Gasteiger charge is -2.19. The van der Waals surface area contributed by atoms with Gasteiger partial charge in [0.25, 0.3) is 0 Å². The fraction of sp³-hybridized carbons (Fsp3) is 0.160. The Labute approximate surface area is 206 Å². The van der Waals surface area contributed by atoms with E-state index in [0.717, 1.165) is 39.9 Å². The van der Waals surface area contributed by atoms with Crippen molar-refractivity contribution >= 4 is 52.1 Å². The number of benzene rings is 2. The first-order chi connectivity index (χ1) is 16.3. The Morgan fingerprint density at radius 2 is 2.00 bits per heavy atom. The molecule has 4 aromatic rings. The molecule has 0 aliphatic heterocycles. The molecule has 2 aromatic heterocycles. The van der Waals surface area contributed by atoms with E-state index in [2.05, 4.69) is 15.3 Å². The first kappa shape index (κ1) is 23.8. The van der Waals surface area contributed by atoms with Crippen molar-refractivity contribution in [2.45, 2.75) is 24.9 Å². The normalized spacial score (nSPS) is 12.4. The fourth-order valence-electron chi connectivity index (χ4n) is 3.81. The molecule has 0 aliphatic rings. The summed E-state index contributed by atoms with van der Waals surface area (Å²) in [6.45, 7) is 3.93. The van der Waals surface area contributed by atoms with Crippen molar-refractivity contribution < 1.29 is 4.42 Å². The number of aromatic nitrogens is 1. The van der Waals surface area contributed by atoms with Crippen molar-refractivity contribution in [3.8, 4) is 11.3 Å². The van der Waals surface area contributed by atoms with E-state index in [9.17, 15) is 4.79 Å². The molecule has 7 nitrogen and oxygen atoms in total. The van der Waals surface area contributed by atoms with Gasteiger partial charge in [0, 0.05) is 41.7 Å². The second-order valence-electron chi connectivity index (χ2n) is 7.91. The van der Waals surface area contributed by atoms with Crippen LogP contribution in [0.3, 0.4) is 0 Å². The first-order valence-electron chi connectivity index (χ1n) is 10.5. The maximum Gasteiger partial charge on any atom is 0.193 e. The van der Waals surface area contributed by atoms with Crippen LogP contribution in [0.2, 0.25) is 5.15 Å². The monoisotopic (exact) mass is 493 g/mol. The Hall–Kier alpha value is -3.33. The maximum absolute atomic E-state index is 13.1. The molecule has 0 bridgehead atoms. The molecule has 0 amide bonds. The highest BCUT2D eigenvalue weighted by atomic mass is 35.5. The van der Waals surface area contributed by atoms with Gasteiger partial charge in [0.1, 0.15) is 21.5 Å². The van der Waals surface area contributed by atoms with E-state index >= 15 is 0 Å². The molecule has 0 saturated carbocycles. The topological polar surface area (TPSA) is 120 Å². The number of nitrogen functional groups attached to an aromatic ring is 1. The number of rotatable bonds is 6. The predicted octanol–water partition coefficient (Wildman–Crippen LogP) is 5.59. The molecular formula is C25H24ClN5O2S. The molecule has 5 N–H and O–H groups in total. The highest BCUT2D eigenvalue weighted by molar-refractivity contribution is 7.97. The number of nitrogens with one attached hydrogen (secondary N) is 1. The number of nitrogens with zero attached hydrogens (tertiary/aromatic N) is 2. The van der Waals surface area contributed by atoms with Gasteiger partial charge in [0.15, 0.2) is 5.43 Å². The van der Waals surface area contributed by atoms with Gasteiger partial charge < -0.3 is 15.5 Å². The molecule has 2 heterocycles. The lowest BCUT2D eigenvalue weighted by Crippen LogP contribution is -2.11. The van der Waals surface area contributed by atoms with Crippen LogP contribution in [0.4, 0.5) is 11.4 Å². The third-order valence-electron chi connectivity index (χ3n) is 5.42. The second-order valence-corrected chi connectivity index (χ2v) is 8.92. The maximum atomic E-state index is 13.1. The van der Waals surface area contributed by atoms with Gasteiger partial charge in [-0.2, -0.15) is 0 Å². The van der Waals surface area contributed by atoms with Crippen molar-refractivity contribution in [2.24, 2.45) is 10.1 Å². The molecule has 1 unspecified atom stereocenters. The number of hydrogen-bond donors (Lipinski definition) is 3. The largest absolute Gasteiger partial charge is 0.455 e. The molecule has 174 valence electrons. The predicted molar refractivity (Wildman–Crippen MR) is 142 cm³/mol. The number of hydrogen-bond acceptors (Lipinski definition) is 8. The Kier molecular flexibility index (Phi) is 6.92. The van der Waals surface area contributed by atoms with Crippen LogP contribution >= 0.6 is 23.5 Å². The summed E-state index contributed by atoms with van der Waals surface area (Å²) < 4.78 is 6.33. The van der Waals surface area contributed by atoms with Crippen LogP contribution < -0.4 is 21.6 Å². The number of aliphatic imine (C=N–C) groups is 1. The minimum Gasteiger partial charge on any atom is -0.455 e. The molecule has 0 aliphatic carbocycles. The lowest BCUT2D eigenvalue weighted by molar-refractivity contribution is 0.610. The van der Waals surface area contributed by atoms with Crippen molar-refractivity contribution in [3.05, 3.63) is 80.6 Å². The number of halogens is 1. The van der Waals surface area contributed by atoms with Crippen molar-refractivity contribution in [1.29, 1.82) is 0 Å². The van der Waals surface area contributed by atoms with Gasteiger partial charge in [-0.1, -0.05) is 17.7 Å². The van der Waals surface area contributed by atoms with E-state index < -0.39 is 0 Å². The number of anilines is 2. The van der Waals surface area contributed by atoms with E-state index in [1.165, 1.54) is 6.07 Å². The Morgan fingerprint density at radius 3 is 2.74 bits per heavy atom. The number of aryl methyl sites for hydroxylation is 1. The average molecular weight is 494 g/mol. The van der Waals surface area contributed by atoms with Gasteiger partial charge in [0.05, 0.1) is 17.1 Å². The van der Waals surface area contributed by atoms with Gasteiger partial charge in [0.2, 0.25) is 0 Å². The Bertz CT molecular complexity index is 1470. The first-order valence-corrected chi connectivity index (χ1v) is 11.8. The van der Waals surface area contributed by atoms with Gasteiger partial charge in [-0.3, -0.25) is 14.9 Å². The summed E-state index contributed by atoms with van der Waals surface area (Å²) in [6.07, 6.45) is 1.67. The molecule has 0 saturated heterocycles. The highest BCUT2D eigenvalue weighted by Gasteiger charge is 2.18. The summed E-state index contributed by atoms with van der Waals surface area (Å²) in [5.41, 5.74) is 11.0. The van der Waals surface area contributed by atoms with Gasteiger partial charge >= 0.3 is 0 Å². The SMILES string of the molecule is CN=Cc1cc(-c2cc(=O)c3cc(C)cc(C(C)Nc4ccc(Cl)nc4SN)c3o2)ccc1N. The molecule has 2 aromatic carbocycles. The third kappa shape index (κ3) is 4.79. The van der Waals surface area contributed by atoms with Crippen LogP contribution in [-0.4, -0.2) is 18.2 Å². The van der Waals surface area contributed by atoms with Crippen LogP contribution in [0.5, 0.6) is 0 Å². The van der Waals surface area contributed by atoms with Crippen LogP contribution in [0, 0.1) is 6.92 Å². The van der Waals surface area contributed by atoms with Gasteiger partial charge in [-0.05, 0) is 67.8 Å². The van der Waals surface area contributed by atoms with Crippen molar-refractivity contribution in [3.63, 3.8) is 0 Å². The molecule has 4 rings (SSSR count). The summed E-state index contributed by atoms with van der Waals surface area (Å²) >= 11 is 7.02. The van der Waals surface area contributed by atoms with Crippen molar-refractivity contribution in [1.82, 2.24) is 4.98 Å². The van der Waals surface area contributed by atoms with E-state index in [-0.39, 0.29) is 11.5 Å². The number of fused-ring (bicyclic) bond motifs is 1. The standard InChI is InChI=1S/C25H24ClN5O2S/c1-13-8-17(14(2)30-20-6-7-23(26)31-25(20)34-28)24-18(9-13)21(32)11-22(33-24)15-4-5-19(27)16(10-15)12-29-3/h4-12,14,30H,27-28H2,1-3H3. The third-order valence-corrected chi connectivity index (χ3v) is 6.16. The highest BCUT2D eigenvalue weighted by Crippen LogP contribution is 2.33. The van der Waals surface area contributed by atoms with E-state index in [0.29, 0.717) is 32.6 Å². The van der Waals surface area contributed by atoms with E-state index in [1.54, 1.807) is 25.4 Å². The van der Waals surface area contributed by atoms with Crippen LogP contribution in [0.1, 0.15) is 29.7 Å². The second kappa shape index (κ2) is 9.89. The van der Waals surface area contributed by atoms with E-state index in [1.807, 2.05) is 44.2 Å². The van der Waals surface area contributed by atoms with Gasteiger partial charge in [-0.15, -0.1) is 0 Å². The smallest absolute Gasteiger partial charge is 0.193 e. The summed E-state index contributed by atoms with van der Waals surface area (Å²) in [6, 6.07) is 14.1. The molecular weight excluding hydrogens is 470 g/mol. The molecule has 9 heteroatoms. The van der Waals surface area contributed by atoms with Crippen LogP contribution in [-0.2, 0) is 0 Å². The van der Waals surface area contributed by atoms with Crippen LogP contribution in [0.25, 0.3) is 22.3 Å². The van der Waals surface area contributed by atoms with E-state index in [4.69, 9.17) is 26.9 Å². The molecule has 0 spiro atoms. The molecule has 34 heavy (non-hydrogen) atoms. The quantitative estimate of drug-likeness (QED) is 0.139. The zero-order valence-electron chi connectivity index (χ0n) is 18.9.